The number of aromatic nitrogens is 2. The van der Waals surface area contributed by atoms with Crippen molar-refractivity contribution in [2.45, 2.75) is 34.2 Å². The summed E-state index contributed by atoms with van der Waals surface area (Å²) < 4.78 is 6.66. The Morgan fingerprint density at radius 3 is 2.64 bits per heavy atom. The fourth-order valence-corrected chi connectivity index (χ4v) is 4.48. The highest BCUT2D eigenvalue weighted by molar-refractivity contribution is 7.22. The van der Waals surface area contributed by atoms with Gasteiger partial charge in [-0.2, -0.15) is 0 Å². The number of carbonyl (C=O) groups is 1. The first-order chi connectivity index (χ1) is 13.4. The quantitative estimate of drug-likeness (QED) is 0.469. The summed E-state index contributed by atoms with van der Waals surface area (Å²) in [5.41, 5.74) is 4.59. The van der Waals surface area contributed by atoms with Gasteiger partial charge in [0.2, 0.25) is 0 Å². The zero-order valence-corrected chi connectivity index (χ0v) is 17.1. The second kappa shape index (κ2) is 7.20. The molecule has 0 aliphatic heterocycles. The molecule has 0 radical (unpaired) electrons. The monoisotopic (exact) mass is 391 g/mol. The lowest BCUT2D eigenvalue weighted by Crippen LogP contribution is -2.30. The van der Waals surface area contributed by atoms with Gasteiger partial charge < -0.3 is 4.42 Å². The summed E-state index contributed by atoms with van der Waals surface area (Å²) in [5, 5.41) is 0.664. The zero-order valence-electron chi connectivity index (χ0n) is 16.3. The summed E-state index contributed by atoms with van der Waals surface area (Å²) >= 11 is 1.52. The van der Waals surface area contributed by atoms with Crippen molar-refractivity contribution in [1.82, 2.24) is 9.97 Å². The zero-order chi connectivity index (χ0) is 19.8. The molecule has 0 atom stereocenters. The van der Waals surface area contributed by atoms with Gasteiger partial charge in [-0.3, -0.25) is 14.7 Å². The Balaban J connectivity index is 1.82. The van der Waals surface area contributed by atoms with E-state index >= 15 is 0 Å². The number of nitrogens with zero attached hydrogens (tertiary/aromatic N) is 3. The van der Waals surface area contributed by atoms with E-state index in [-0.39, 0.29) is 5.91 Å². The van der Waals surface area contributed by atoms with Crippen molar-refractivity contribution < 1.29 is 9.21 Å². The molecule has 0 spiro atoms. The predicted molar refractivity (Wildman–Crippen MR) is 112 cm³/mol. The van der Waals surface area contributed by atoms with E-state index in [1.54, 1.807) is 17.2 Å². The lowest BCUT2D eigenvalue weighted by Gasteiger charge is -2.19. The van der Waals surface area contributed by atoms with E-state index in [9.17, 15) is 4.79 Å². The average molecular weight is 391 g/mol. The van der Waals surface area contributed by atoms with Crippen molar-refractivity contribution >= 4 is 32.6 Å². The van der Waals surface area contributed by atoms with Crippen LogP contribution in [-0.2, 0) is 6.54 Å². The highest BCUT2D eigenvalue weighted by Gasteiger charge is 2.25. The molecule has 0 aliphatic rings. The van der Waals surface area contributed by atoms with Crippen LogP contribution in [0.5, 0.6) is 0 Å². The lowest BCUT2D eigenvalue weighted by atomic mass is 10.1. The molecule has 0 saturated heterocycles. The largest absolute Gasteiger partial charge is 0.466 e. The van der Waals surface area contributed by atoms with Gasteiger partial charge in [0.25, 0.3) is 5.91 Å². The molecule has 28 heavy (non-hydrogen) atoms. The van der Waals surface area contributed by atoms with Gasteiger partial charge in [0, 0.05) is 6.20 Å². The molecule has 4 aromatic rings. The number of carbonyl (C=O) groups excluding carboxylic acids is 1. The first kappa shape index (κ1) is 18.4. The maximum absolute atomic E-state index is 13.4. The molecule has 0 aliphatic carbocycles. The number of furan rings is 1. The van der Waals surface area contributed by atoms with E-state index in [4.69, 9.17) is 9.40 Å². The van der Waals surface area contributed by atoms with Crippen LogP contribution in [0.1, 0.15) is 38.7 Å². The number of benzene rings is 1. The molecule has 5 nitrogen and oxygen atoms in total. The van der Waals surface area contributed by atoms with Crippen molar-refractivity contribution in [3.05, 3.63) is 76.5 Å². The van der Waals surface area contributed by atoms with E-state index in [1.807, 2.05) is 39.0 Å². The summed E-state index contributed by atoms with van der Waals surface area (Å²) in [6.45, 7) is 8.12. The molecule has 0 bridgehead atoms. The molecular formula is C22H21N3O2S. The lowest BCUT2D eigenvalue weighted by molar-refractivity contribution is 0.0983. The maximum Gasteiger partial charge on any atom is 0.263 e. The SMILES string of the molecule is Cc1cc(C)c2nc(N(Cc3ccccn3)C(=O)c3cc(C)oc3C)sc2c1. The number of fused-ring (bicyclic) bond motifs is 1. The Labute approximate surface area is 167 Å². The fourth-order valence-electron chi connectivity index (χ4n) is 3.34. The second-order valence-corrected chi connectivity index (χ2v) is 7.97. The van der Waals surface area contributed by atoms with Crippen molar-refractivity contribution in [2.24, 2.45) is 0 Å². The Hall–Kier alpha value is -2.99. The molecule has 4 rings (SSSR count). The average Bonchev–Trinajstić information content (AvgIpc) is 3.22. The van der Waals surface area contributed by atoms with Crippen LogP contribution in [0.2, 0.25) is 0 Å². The van der Waals surface area contributed by atoms with E-state index in [1.165, 1.54) is 16.9 Å². The number of amides is 1. The second-order valence-electron chi connectivity index (χ2n) is 6.96. The molecule has 142 valence electrons. The number of hydrogen-bond acceptors (Lipinski definition) is 5. The van der Waals surface area contributed by atoms with Gasteiger partial charge in [-0.25, -0.2) is 4.98 Å². The molecule has 3 heterocycles. The smallest absolute Gasteiger partial charge is 0.263 e. The Kier molecular flexibility index (Phi) is 4.73. The first-order valence-electron chi connectivity index (χ1n) is 9.09. The van der Waals surface area contributed by atoms with Crippen molar-refractivity contribution in [2.75, 3.05) is 4.90 Å². The molecule has 0 N–H and O–H groups in total. The van der Waals surface area contributed by atoms with Crippen LogP contribution < -0.4 is 4.90 Å². The number of hydrogen-bond donors (Lipinski definition) is 0. The standard InChI is InChI=1S/C22H21N3O2S/c1-13-9-14(2)20-19(10-13)28-22(24-20)25(12-17-7-5-6-8-23-17)21(26)18-11-15(3)27-16(18)4/h5-11H,12H2,1-4H3. The van der Waals surface area contributed by atoms with Gasteiger partial charge in [-0.15, -0.1) is 0 Å². The minimum Gasteiger partial charge on any atom is -0.466 e. The molecule has 3 aromatic heterocycles. The highest BCUT2D eigenvalue weighted by Crippen LogP contribution is 2.33. The Morgan fingerprint density at radius 1 is 1.14 bits per heavy atom. The van der Waals surface area contributed by atoms with Gasteiger partial charge in [-0.1, -0.05) is 23.5 Å². The predicted octanol–water partition coefficient (Wildman–Crippen LogP) is 5.36. The van der Waals surface area contributed by atoms with Crippen LogP contribution in [0.25, 0.3) is 10.2 Å². The van der Waals surface area contributed by atoms with Crippen LogP contribution in [0.4, 0.5) is 5.13 Å². The first-order valence-corrected chi connectivity index (χ1v) is 9.90. The van der Waals surface area contributed by atoms with E-state index < -0.39 is 0 Å². The van der Waals surface area contributed by atoms with Crippen molar-refractivity contribution in [3.8, 4) is 0 Å². The highest BCUT2D eigenvalue weighted by atomic mass is 32.1. The van der Waals surface area contributed by atoms with E-state index in [2.05, 4.69) is 24.0 Å². The number of thiazole rings is 1. The number of rotatable bonds is 4. The van der Waals surface area contributed by atoms with Crippen molar-refractivity contribution in [1.29, 1.82) is 0 Å². The topological polar surface area (TPSA) is 59.2 Å². The van der Waals surface area contributed by atoms with Crippen molar-refractivity contribution in [3.63, 3.8) is 0 Å². The van der Waals surface area contributed by atoms with E-state index in [0.717, 1.165) is 27.2 Å². The Bertz CT molecular complexity index is 1160. The fraction of sp³-hybridized carbons (Fsp3) is 0.227. The summed E-state index contributed by atoms with van der Waals surface area (Å²) in [5.74, 6) is 1.20. The van der Waals surface area contributed by atoms with Crippen LogP contribution in [0.3, 0.4) is 0 Å². The molecule has 1 aromatic carbocycles. The third kappa shape index (κ3) is 3.43. The molecule has 0 saturated carbocycles. The number of pyridine rings is 1. The summed E-state index contributed by atoms with van der Waals surface area (Å²) in [4.78, 5) is 24.3. The summed E-state index contributed by atoms with van der Waals surface area (Å²) in [6, 6.07) is 11.7. The maximum atomic E-state index is 13.4. The minimum atomic E-state index is -0.131. The Morgan fingerprint density at radius 2 is 1.96 bits per heavy atom. The van der Waals surface area contributed by atoms with Gasteiger partial charge >= 0.3 is 0 Å². The molecule has 1 amide bonds. The van der Waals surface area contributed by atoms with Gasteiger partial charge in [0.15, 0.2) is 5.13 Å². The third-order valence-electron chi connectivity index (χ3n) is 4.61. The minimum absolute atomic E-state index is 0.131. The van der Waals surface area contributed by atoms with Gasteiger partial charge in [0.1, 0.15) is 11.5 Å². The van der Waals surface area contributed by atoms with Gasteiger partial charge in [-0.05, 0) is 63.1 Å². The normalized spacial score (nSPS) is 11.1. The number of anilines is 1. The van der Waals surface area contributed by atoms with Crippen LogP contribution in [-0.4, -0.2) is 15.9 Å². The summed E-state index contributed by atoms with van der Waals surface area (Å²) in [7, 11) is 0. The van der Waals surface area contributed by atoms with Crippen LogP contribution in [0, 0.1) is 27.7 Å². The summed E-state index contributed by atoms with van der Waals surface area (Å²) in [6.07, 6.45) is 1.73. The molecule has 6 heteroatoms. The van der Waals surface area contributed by atoms with Gasteiger partial charge in [0.05, 0.1) is 28.0 Å². The van der Waals surface area contributed by atoms with Crippen LogP contribution in [0.15, 0.2) is 47.0 Å². The number of aryl methyl sites for hydroxylation is 4. The van der Waals surface area contributed by atoms with Crippen LogP contribution >= 0.6 is 11.3 Å². The molecule has 0 unspecified atom stereocenters. The molecule has 0 fully saturated rings. The molecular weight excluding hydrogens is 370 g/mol. The van der Waals surface area contributed by atoms with E-state index in [0.29, 0.717) is 23.0 Å². The third-order valence-corrected chi connectivity index (χ3v) is 5.64.